The third-order valence-electron chi connectivity index (χ3n) is 2.57. The fourth-order valence-corrected chi connectivity index (χ4v) is 2.29. The Morgan fingerprint density at radius 2 is 2.12 bits per heavy atom. The maximum absolute atomic E-state index is 5.43. The molecule has 0 fully saturated rings. The monoisotopic (exact) mass is 230 g/mol. The quantitative estimate of drug-likeness (QED) is 0.794. The summed E-state index contributed by atoms with van der Waals surface area (Å²) in [5.74, 6) is 0. The van der Waals surface area contributed by atoms with Gasteiger partial charge in [-0.1, -0.05) is 35.5 Å². The Kier molecular flexibility index (Phi) is 2.42. The van der Waals surface area contributed by atoms with Crippen LogP contribution in [0.5, 0.6) is 0 Å². The van der Waals surface area contributed by atoms with Gasteiger partial charge in [0.05, 0.1) is 11.2 Å². The standard InChI is InChI=1S/C12H10N2OS/c1-2-4-9(5-3-1)12-6-10(14-15-12)11-7-16-8-13-11/h1-5,7-8,12H,6H2/t12-/m1/s1. The van der Waals surface area contributed by atoms with Gasteiger partial charge in [0, 0.05) is 11.8 Å². The molecule has 1 aliphatic heterocycles. The lowest BCUT2D eigenvalue weighted by Gasteiger charge is -2.06. The van der Waals surface area contributed by atoms with E-state index in [9.17, 15) is 0 Å². The van der Waals surface area contributed by atoms with Gasteiger partial charge in [-0.05, 0) is 5.56 Å². The molecule has 3 rings (SSSR count). The van der Waals surface area contributed by atoms with Crippen molar-refractivity contribution < 1.29 is 4.84 Å². The molecule has 1 aromatic carbocycles. The zero-order valence-corrected chi connectivity index (χ0v) is 9.35. The lowest BCUT2D eigenvalue weighted by molar-refractivity contribution is 0.0857. The lowest BCUT2D eigenvalue weighted by atomic mass is 10.0. The zero-order chi connectivity index (χ0) is 10.8. The van der Waals surface area contributed by atoms with Gasteiger partial charge in [-0.2, -0.15) is 0 Å². The predicted octanol–water partition coefficient (Wildman–Crippen LogP) is 3.01. The van der Waals surface area contributed by atoms with E-state index >= 15 is 0 Å². The molecular formula is C12H10N2OS. The van der Waals surface area contributed by atoms with Gasteiger partial charge in [0.25, 0.3) is 0 Å². The van der Waals surface area contributed by atoms with Crippen LogP contribution in [0.25, 0.3) is 0 Å². The number of oxime groups is 1. The lowest BCUT2D eigenvalue weighted by Crippen LogP contribution is -2.01. The van der Waals surface area contributed by atoms with Crippen molar-refractivity contribution in [1.29, 1.82) is 0 Å². The molecule has 0 spiro atoms. The van der Waals surface area contributed by atoms with E-state index in [1.165, 1.54) is 0 Å². The first-order valence-corrected chi connectivity index (χ1v) is 6.04. The molecule has 1 aliphatic rings. The van der Waals surface area contributed by atoms with Crippen molar-refractivity contribution in [1.82, 2.24) is 4.98 Å². The minimum absolute atomic E-state index is 0.0397. The summed E-state index contributed by atoms with van der Waals surface area (Å²) in [6, 6.07) is 10.1. The van der Waals surface area contributed by atoms with Crippen LogP contribution in [-0.2, 0) is 4.84 Å². The minimum Gasteiger partial charge on any atom is -0.387 e. The van der Waals surface area contributed by atoms with E-state index in [4.69, 9.17) is 4.84 Å². The largest absolute Gasteiger partial charge is 0.387 e. The van der Waals surface area contributed by atoms with Crippen molar-refractivity contribution in [3.63, 3.8) is 0 Å². The van der Waals surface area contributed by atoms with E-state index in [0.717, 1.165) is 23.4 Å². The van der Waals surface area contributed by atoms with Crippen molar-refractivity contribution in [2.45, 2.75) is 12.5 Å². The average molecular weight is 230 g/mol. The van der Waals surface area contributed by atoms with Gasteiger partial charge in [0.15, 0.2) is 6.10 Å². The van der Waals surface area contributed by atoms with Crippen molar-refractivity contribution in [3.8, 4) is 0 Å². The number of hydrogen-bond acceptors (Lipinski definition) is 4. The summed E-state index contributed by atoms with van der Waals surface area (Å²) in [5.41, 5.74) is 4.85. The molecule has 2 heterocycles. The molecule has 0 saturated heterocycles. The van der Waals surface area contributed by atoms with E-state index in [-0.39, 0.29) is 6.10 Å². The third-order valence-corrected chi connectivity index (χ3v) is 3.15. The molecule has 80 valence electrons. The first-order chi connectivity index (χ1) is 7.93. The van der Waals surface area contributed by atoms with Crippen molar-refractivity contribution in [2.24, 2.45) is 5.16 Å². The second kappa shape index (κ2) is 4.06. The smallest absolute Gasteiger partial charge is 0.158 e. The average Bonchev–Trinajstić information content (AvgIpc) is 3.01. The Hall–Kier alpha value is -1.68. The molecule has 0 bridgehead atoms. The first-order valence-electron chi connectivity index (χ1n) is 5.09. The summed E-state index contributed by atoms with van der Waals surface area (Å²) >= 11 is 1.58. The second-order valence-corrected chi connectivity index (χ2v) is 4.34. The van der Waals surface area contributed by atoms with E-state index in [1.54, 1.807) is 11.3 Å². The SMILES string of the molecule is c1ccc([C@H]2CC(c3cscn3)=NO2)cc1. The number of hydrogen-bond donors (Lipinski definition) is 0. The van der Waals surface area contributed by atoms with E-state index in [0.29, 0.717) is 0 Å². The van der Waals surface area contributed by atoms with Crippen LogP contribution in [-0.4, -0.2) is 10.7 Å². The Morgan fingerprint density at radius 1 is 1.25 bits per heavy atom. The molecule has 0 radical (unpaired) electrons. The van der Waals surface area contributed by atoms with Gasteiger partial charge in [-0.3, -0.25) is 0 Å². The third kappa shape index (κ3) is 1.72. The fourth-order valence-electron chi connectivity index (χ4n) is 1.73. The molecule has 0 unspecified atom stereocenters. The molecule has 1 atom stereocenters. The van der Waals surface area contributed by atoms with Crippen LogP contribution in [0.2, 0.25) is 0 Å². The summed E-state index contributed by atoms with van der Waals surface area (Å²) in [7, 11) is 0. The summed E-state index contributed by atoms with van der Waals surface area (Å²) in [6.07, 6.45) is 0.839. The van der Waals surface area contributed by atoms with Crippen LogP contribution >= 0.6 is 11.3 Å². The molecule has 16 heavy (non-hydrogen) atoms. The molecule has 0 saturated carbocycles. The molecular weight excluding hydrogens is 220 g/mol. The van der Waals surface area contributed by atoms with Crippen molar-refractivity contribution >= 4 is 17.0 Å². The van der Waals surface area contributed by atoms with Gasteiger partial charge in [0.2, 0.25) is 0 Å². The van der Waals surface area contributed by atoms with Crippen LogP contribution in [0.4, 0.5) is 0 Å². The fraction of sp³-hybridized carbons (Fsp3) is 0.167. The maximum atomic E-state index is 5.43. The van der Waals surface area contributed by atoms with Gasteiger partial charge in [-0.15, -0.1) is 11.3 Å². The first kappa shape index (κ1) is 9.54. The zero-order valence-electron chi connectivity index (χ0n) is 8.54. The van der Waals surface area contributed by atoms with Crippen LogP contribution in [0.3, 0.4) is 0 Å². The Bertz CT molecular complexity index is 493. The predicted molar refractivity (Wildman–Crippen MR) is 63.5 cm³/mol. The van der Waals surface area contributed by atoms with Gasteiger partial charge in [0.1, 0.15) is 5.71 Å². The van der Waals surface area contributed by atoms with Crippen LogP contribution in [0.15, 0.2) is 46.4 Å². The second-order valence-electron chi connectivity index (χ2n) is 3.62. The molecule has 2 aromatic rings. The van der Waals surface area contributed by atoms with E-state index < -0.39 is 0 Å². The van der Waals surface area contributed by atoms with E-state index in [2.05, 4.69) is 22.3 Å². The van der Waals surface area contributed by atoms with Crippen LogP contribution in [0.1, 0.15) is 23.8 Å². The summed E-state index contributed by atoms with van der Waals surface area (Å²) in [5, 5.41) is 6.09. The topological polar surface area (TPSA) is 34.5 Å². The summed E-state index contributed by atoms with van der Waals surface area (Å²) in [4.78, 5) is 9.66. The highest BCUT2D eigenvalue weighted by atomic mass is 32.1. The number of benzene rings is 1. The van der Waals surface area contributed by atoms with Crippen LogP contribution in [0, 0.1) is 0 Å². The highest BCUT2D eigenvalue weighted by Crippen LogP contribution is 2.28. The Morgan fingerprint density at radius 3 is 2.88 bits per heavy atom. The van der Waals surface area contributed by atoms with E-state index in [1.807, 2.05) is 29.1 Å². The van der Waals surface area contributed by atoms with Crippen molar-refractivity contribution in [2.75, 3.05) is 0 Å². The number of nitrogens with zero attached hydrogens (tertiary/aromatic N) is 2. The molecule has 0 amide bonds. The highest BCUT2D eigenvalue weighted by molar-refractivity contribution is 7.07. The minimum atomic E-state index is 0.0397. The molecule has 4 heteroatoms. The molecule has 1 aromatic heterocycles. The van der Waals surface area contributed by atoms with Crippen molar-refractivity contribution in [3.05, 3.63) is 52.5 Å². The highest BCUT2D eigenvalue weighted by Gasteiger charge is 2.24. The normalized spacial score (nSPS) is 19.2. The van der Waals surface area contributed by atoms with Gasteiger partial charge < -0.3 is 4.84 Å². The maximum Gasteiger partial charge on any atom is 0.158 e. The summed E-state index contributed by atoms with van der Waals surface area (Å²) < 4.78 is 0. The number of aromatic nitrogens is 1. The molecule has 0 N–H and O–H groups in total. The Balaban J connectivity index is 1.78. The molecule has 0 aliphatic carbocycles. The molecule has 3 nitrogen and oxygen atoms in total. The summed E-state index contributed by atoms with van der Waals surface area (Å²) in [6.45, 7) is 0. The number of thiazole rings is 1. The van der Waals surface area contributed by atoms with Crippen LogP contribution < -0.4 is 0 Å². The number of rotatable bonds is 2. The Labute approximate surface area is 97.4 Å². The van der Waals surface area contributed by atoms with Gasteiger partial charge in [-0.25, -0.2) is 4.98 Å². The van der Waals surface area contributed by atoms with Gasteiger partial charge >= 0.3 is 0 Å².